The molecule has 0 aromatic heterocycles. The first-order valence-electron chi connectivity index (χ1n) is 4.89. The van der Waals surface area contributed by atoms with Crippen molar-refractivity contribution in [1.29, 1.82) is 0 Å². The van der Waals surface area contributed by atoms with Gasteiger partial charge in [-0.25, -0.2) is 0 Å². The molecule has 0 saturated heterocycles. The Morgan fingerprint density at radius 3 is 2.92 bits per heavy atom. The van der Waals surface area contributed by atoms with E-state index in [4.69, 9.17) is 4.74 Å². The first kappa shape index (κ1) is 10.1. The van der Waals surface area contributed by atoms with Crippen molar-refractivity contribution in [2.45, 2.75) is 33.1 Å². The third-order valence-electron chi connectivity index (χ3n) is 2.23. The first-order valence-corrected chi connectivity index (χ1v) is 4.89. The first-order chi connectivity index (χ1) is 6.33. The van der Waals surface area contributed by atoms with E-state index < -0.39 is 0 Å². The second kappa shape index (κ2) is 5.63. The van der Waals surface area contributed by atoms with Gasteiger partial charge in [0, 0.05) is 0 Å². The molecule has 1 nitrogen and oxygen atoms in total. The summed E-state index contributed by atoms with van der Waals surface area (Å²) >= 11 is 0. The average molecular weight is 178 g/mol. The second-order valence-electron chi connectivity index (χ2n) is 3.43. The molecular formula is C12H18O. The fourth-order valence-corrected chi connectivity index (χ4v) is 1.29. The molecule has 1 heteroatoms. The SMILES string of the molecule is C/C=C/CO/C=C1\CC=C(C)CC1. The van der Waals surface area contributed by atoms with E-state index >= 15 is 0 Å². The zero-order chi connectivity index (χ0) is 9.52. The van der Waals surface area contributed by atoms with Gasteiger partial charge in [0.2, 0.25) is 0 Å². The lowest BCUT2D eigenvalue weighted by atomic mass is 9.97. The van der Waals surface area contributed by atoms with E-state index in [1.165, 1.54) is 17.6 Å². The maximum atomic E-state index is 5.37. The minimum absolute atomic E-state index is 0.697. The predicted molar refractivity (Wildman–Crippen MR) is 56.5 cm³/mol. The van der Waals surface area contributed by atoms with E-state index in [-0.39, 0.29) is 0 Å². The highest BCUT2D eigenvalue weighted by molar-refractivity contribution is 5.16. The third-order valence-corrected chi connectivity index (χ3v) is 2.23. The summed E-state index contributed by atoms with van der Waals surface area (Å²) < 4.78 is 5.37. The van der Waals surface area contributed by atoms with E-state index in [9.17, 15) is 0 Å². The molecule has 72 valence electrons. The molecule has 0 saturated carbocycles. The van der Waals surface area contributed by atoms with E-state index in [0.717, 1.165) is 12.8 Å². The molecule has 0 atom stereocenters. The Kier molecular flexibility index (Phi) is 4.37. The molecule has 0 radical (unpaired) electrons. The molecule has 0 spiro atoms. The maximum Gasteiger partial charge on any atom is 0.105 e. The van der Waals surface area contributed by atoms with Gasteiger partial charge in [-0.3, -0.25) is 0 Å². The van der Waals surface area contributed by atoms with Crippen molar-refractivity contribution in [1.82, 2.24) is 0 Å². The largest absolute Gasteiger partial charge is 0.497 e. The molecule has 0 aliphatic heterocycles. The lowest BCUT2D eigenvalue weighted by Gasteiger charge is -2.11. The summed E-state index contributed by atoms with van der Waals surface area (Å²) in [4.78, 5) is 0. The quantitative estimate of drug-likeness (QED) is 0.364. The van der Waals surface area contributed by atoms with Crippen molar-refractivity contribution in [3.05, 3.63) is 35.6 Å². The van der Waals surface area contributed by atoms with Crippen LogP contribution in [0.4, 0.5) is 0 Å². The van der Waals surface area contributed by atoms with Gasteiger partial charge in [0.15, 0.2) is 0 Å². The van der Waals surface area contributed by atoms with Crippen molar-refractivity contribution in [2.75, 3.05) is 6.61 Å². The number of hydrogen-bond donors (Lipinski definition) is 0. The standard InChI is InChI=1S/C12H18O/c1-3-4-9-13-10-12-7-5-11(2)6-8-12/h3-5,10H,6-9H2,1-2H3/b4-3+,12-10+. The Morgan fingerprint density at radius 2 is 2.31 bits per heavy atom. The van der Waals surface area contributed by atoms with Crippen LogP contribution in [-0.2, 0) is 4.74 Å². The molecule has 0 bridgehead atoms. The van der Waals surface area contributed by atoms with Crippen molar-refractivity contribution >= 4 is 0 Å². The van der Waals surface area contributed by atoms with Gasteiger partial charge in [0.1, 0.15) is 6.61 Å². The van der Waals surface area contributed by atoms with Gasteiger partial charge in [-0.15, -0.1) is 0 Å². The number of allylic oxidation sites excluding steroid dienone is 4. The van der Waals surface area contributed by atoms with E-state index in [2.05, 4.69) is 13.0 Å². The van der Waals surface area contributed by atoms with E-state index in [1.807, 2.05) is 25.3 Å². The predicted octanol–water partition coefficient (Wildman–Crippen LogP) is 3.59. The molecular weight excluding hydrogens is 160 g/mol. The molecule has 0 fully saturated rings. The van der Waals surface area contributed by atoms with E-state index in [0.29, 0.717) is 6.61 Å². The van der Waals surface area contributed by atoms with Crippen molar-refractivity contribution in [3.8, 4) is 0 Å². The van der Waals surface area contributed by atoms with Gasteiger partial charge in [-0.2, -0.15) is 0 Å². The average Bonchev–Trinajstić information content (AvgIpc) is 2.15. The van der Waals surface area contributed by atoms with Crippen LogP contribution in [0.25, 0.3) is 0 Å². The molecule has 0 aromatic carbocycles. The van der Waals surface area contributed by atoms with Gasteiger partial charge in [-0.05, 0) is 38.7 Å². The lowest BCUT2D eigenvalue weighted by molar-refractivity contribution is 0.284. The van der Waals surface area contributed by atoms with Crippen LogP contribution in [0.5, 0.6) is 0 Å². The van der Waals surface area contributed by atoms with Gasteiger partial charge < -0.3 is 4.74 Å². The number of ether oxygens (including phenoxy) is 1. The zero-order valence-electron chi connectivity index (χ0n) is 8.55. The topological polar surface area (TPSA) is 9.23 Å². The third kappa shape index (κ3) is 3.97. The van der Waals surface area contributed by atoms with Gasteiger partial charge in [-0.1, -0.05) is 23.8 Å². The molecule has 0 amide bonds. The molecule has 0 N–H and O–H groups in total. The van der Waals surface area contributed by atoms with Crippen LogP contribution >= 0.6 is 0 Å². The molecule has 1 aliphatic rings. The Bertz CT molecular complexity index is 234. The summed E-state index contributed by atoms with van der Waals surface area (Å²) in [6.07, 6.45) is 11.7. The Morgan fingerprint density at radius 1 is 1.46 bits per heavy atom. The normalized spacial score (nSPS) is 20.8. The number of hydrogen-bond acceptors (Lipinski definition) is 1. The van der Waals surface area contributed by atoms with Crippen LogP contribution in [-0.4, -0.2) is 6.61 Å². The summed E-state index contributed by atoms with van der Waals surface area (Å²) in [6, 6.07) is 0. The molecule has 13 heavy (non-hydrogen) atoms. The fraction of sp³-hybridized carbons (Fsp3) is 0.500. The Labute approximate surface area is 80.8 Å². The lowest BCUT2D eigenvalue weighted by Crippen LogP contribution is -1.93. The summed E-state index contributed by atoms with van der Waals surface area (Å²) in [6.45, 7) is 4.89. The van der Waals surface area contributed by atoms with Crippen LogP contribution in [0.15, 0.2) is 35.6 Å². The number of rotatable bonds is 3. The van der Waals surface area contributed by atoms with Crippen molar-refractivity contribution in [2.24, 2.45) is 0 Å². The smallest absolute Gasteiger partial charge is 0.105 e. The Hall–Kier alpha value is -0.980. The van der Waals surface area contributed by atoms with Gasteiger partial charge >= 0.3 is 0 Å². The van der Waals surface area contributed by atoms with Crippen LogP contribution < -0.4 is 0 Å². The second-order valence-corrected chi connectivity index (χ2v) is 3.43. The van der Waals surface area contributed by atoms with Crippen LogP contribution in [0.2, 0.25) is 0 Å². The van der Waals surface area contributed by atoms with Crippen LogP contribution in [0, 0.1) is 0 Å². The highest BCUT2D eigenvalue weighted by Crippen LogP contribution is 2.21. The van der Waals surface area contributed by atoms with Gasteiger partial charge in [0.25, 0.3) is 0 Å². The van der Waals surface area contributed by atoms with E-state index in [1.54, 1.807) is 0 Å². The molecule has 1 rings (SSSR count). The zero-order valence-corrected chi connectivity index (χ0v) is 8.55. The fourth-order valence-electron chi connectivity index (χ4n) is 1.29. The molecule has 1 aliphatic carbocycles. The summed E-state index contributed by atoms with van der Waals surface area (Å²) in [5.74, 6) is 0. The van der Waals surface area contributed by atoms with Crippen molar-refractivity contribution < 1.29 is 4.74 Å². The van der Waals surface area contributed by atoms with Crippen LogP contribution in [0.3, 0.4) is 0 Å². The van der Waals surface area contributed by atoms with Crippen LogP contribution in [0.1, 0.15) is 33.1 Å². The molecule has 0 heterocycles. The highest BCUT2D eigenvalue weighted by atomic mass is 16.5. The van der Waals surface area contributed by atoms with Gasteiger partial charge in [0.05, 0.1) is 6.26 Å². The summed E-state index contributed by atoms with van der Waals surface area (Å²) in [5, 5.41) is 0. The van der Waals surface area contributed by atoms with Crippen molar-refractivity contribution in [3.63, 3.8) is 0 Å². The monoisotopic (exact) mass is 178 g/mol. The Balaban J connectivity index is 2.28. The summed E-state index contributed by atoms with van der Waals surface area (Å²) in [7, 11) is 0. The summed E-state index contributed by atoms with van der Waals surface area (Å²) in [5.41, 5.74) is 2.92. The minimum Gasteiger partial charge on any atom is -0.497 e. The molecule has 0 aromatic rings. The maximum absolute atomic E-state index is 5.37. The molecule has 0 unspecified atom stereocenters. The minimum atomic E-state index is 0.697. The highest BCUT2D eigenvalue weighted by Gasteiger charge is 2.03.